The van der Waals surface area contributed by atoms with Gasteiger partial charge in [-0.2, -0.15) is 0 Å². The first-order chi connectivity index (χ1) is 9.06. The van der Waals surface area contributed by atoms with E-state index in [0.717, 1.165) is 0 Å². The van der Waals surface area contributed by atoms with Gasteiger partial charge in [-0.15, -0.1) is 0 Å². The average Bonchev–Trinajstić information content (AvgIpc) is 2.83. The molecular formula is C12H14N2O5. The molecule has 102 valence electrons. The second-order valence-electron chi connectivity index (χ2n) is 4.33. The van der Waals surface area contributed by atoms with Gasteiger partial charge in [0.1, 0.15) is 5.75 Å². The van der Waals surface area contributed by atoms with Crippen molar-refractivity contribution >= 4 is 11.6 Å². The van der Waals surface area contributed by atoms with Gasteiger partial charge in [0.2, 0.25) is 0 Å². The molecule has 1 atom stereocenters. The summed E-state index contributed by atoms with van der Waals surface area (Å²) in [4.78, 5) is 23.3. The number of β-amino-alcohol motifs (C(OH)–C–C–N with tert-alkyl or cyclic N) is 1. The molecule has 19 heavy (non-hydrogen) atoms. The molecule has 7 heteroatoms. The second-order valence-corrected chi connectivity index (χ2v) is 4.33. The summed E-state index contributed by atoms with van der Waals surface area (Å²) in [6, 6.07) is 5.67. The minimum absolute atomic E-state index is 0.0819. The Kier molecular flexibility index (Phi) is 3.96. The van der Waals surface area contributed by atoms with Crippen molar-refractivity contribution in [3.05, 3.63) is 34.4 Å². The first-order valence-electron chi connectivity index (χ1n) is 5.89. The molecule has 1 fully saturated rings. The van der Waals surface area contributed by atoms with Gasteiger partial charge in [-0.25, -0.2) is 0 Å². The molecule has 7 nitrogen and oxygen atoms in total. The van der Waals surface area contributed by atoms with Crippen molar-refractivity contribution in [1.29, 1.82) is 0 Å². The van der Waals surface area contributed by atoms with Crippen LogP contribution in [0.15, 0.2) is 24.3 Å². The second kappa shape index (κ2) is 5.66. The summed E-state index contributed by atoms with van der Waals surface area (Å²) in [5.74, 6) is 0.0466. The third-order valence-corrected chi connectivity index (χ3v) is 2.91. The largest absolute Gasteiger partial charge is 0.484 e. The lowest BCUT2D eigenvalue weighted by atomic mass is 10.3. The molecule has 1 aromatic rings. The molecule has 1 aliphatic heterocycles. The third-order valence-electron chi connectivity index (χ3n) is 2.91. The molecule has 1 aromatic carbocycles. The van der Waals surface area contributed by atoms with Gasteiger partial charge in [0.15, 0.2) is 6.61 Å². The lowest BCUT2D eigenvalue weighted by Gasteiger charge is -2.15. The van der Waals surface area contributed by atoms with Crippen molar-refractivity contribution in [2.75, 3.05) is 19.7 Å². The summed E-state index contributed by atoms with van der Waals surface area (Å²) in [6.07, 6.45) is 0.101. The zero-order chi connectivity index (χ0) is 13.8. The Bertz CT molecular complexity index is 491. The van der Waals surface area contributed by atoms with Crippen molar-refractivity contribution in [2.45, 2.75) is 12.5 Å². The fraction of sp³-hybridized carbons (Fsp3) is 0.417. The van der Waals surface area contributed by atoms with Crippen molar-refractivity contribution in [1.82, 2.24) is 4.90 Å². The maximum atomic E-state index is 11.7. The van der Waals surface area contributed by atoms with Crippen LogP contribution in [-0.2, 0) is 4.79 Å². The molecule has 1 amide bonds. The van der Waals surface area contributed by atoms with E-state index in [2.05, 4.69) is 0 Å². The van der Waals surface area contributed by atoms with Crippen LogP contribution in [-0.4, -0.2) is 46.6 Å². The predicted octanol–water partition coefficient (Wildman–Crippen LogP) is 0.567. The molecule has 0 radical (unpaired) electrons. The number of benzene rings is 1. The molecule has 0 aromatic heterocycles. The van der Waals surface area contributed by atoms with E-state index in [9.17, 15) is 20.0 Å². The monoisotopic (exact) mass is 266 g/mol. The first-order valence-corrected chi connectivity index (χ1v) is 5.89. The van der Waals surface area contributed by atoms with Gasteiger partial charge in [-0.3, -0.25) is 14.9 Å². The van der Waals surface area contributed by atoms with E-state index in [1.54, 1.807) is 6.07 Å². The van der Waals surface area contributed by atoms with E-state index < -0.39 is 11.0 Å². The highest BCUT2D eigenvalue weighted by atomic mass is 16.6. The molecule has 2 rings (SSSR count). The van der Waals surface area contributed by atoms with E-state index in [4.69, 9.17) is 4.74 Å². The average molecular weight is 266 g/mol. The fourth-order valence-electron chi connectivity index (χ4n) is 1.89. The van der Waals surface area contributed by atoms with E-state index >= 15 is 0 Å². The highest BCUT2D eigenvalue weighted by Crippen LogP contribution is 2.19. The smallest absolute Gasteiger partial charge is 0.273 e. The topological polar surface area (TPSA) is 92.9 Å². The molecule has 0 unspecified atom stereocenters. The summed E-state index contributed by atoms with van der Waals surface area (Å²) in [6.45, 7) is 0.642. The third kappa shape index (κ3) is 3.41. The van der Waals surface area contributed by atoms with Gasteiger partial charge in [0, 0.05) is 19.2 Å². The SMILES string of the molecule is O=C(COc1cccc([N+](=O)[O-])c1)N1CC[C@H](O)C1. The number of aliphatic hydroxyl groups is 1. The molecule has 0 bridgehead atoms. The number of ether oxygens (including phenoxy) is 1. The van der Waals surface area contributed by atoms with Crippen molar-refractivity contribution in [3.63, 3.8) is 0 Å². The van der Waals surface area contributed by atoms with Crippen LogP contribution in [0.1, 0.15) is 6.42 Å². The summed E-state index contributed by atoms with van der Waals surface area (Å²) in [5, 5.41) is 19.9. The molecule has 0 spiro atoms. The van der Waals surface area contributed by atoms with Crippen LogP contribution in [0, 0.1) is 10.1 Å². The number of aliphatic hydroxyl groups excluding tert-OH is 1. The Morgan fingerprint density at radius 3 is 3.00 bits per heavy atom. The van der Waals surface area contributed by atoms with Crippen molar-refractivity contribution in [2.24, 2.45) is 0 Å². The minimum Gasteiger partial charge on any atom is -0.484 e. The number of hydrogen-bond acceptors (Lipinski definition) is 5. The Labute approximate surface area is 109 Å². The Morgan fingerprint density at radius 2 is 2.37 bits per heavy atom. The van der Waals surface area contributed by atoms with Crippen molar-refractivity contribution in [3.8, 4) is 5.75 Å². The van der Waals surface area contributed by atoms with Crippen LogP contribution in [0.2, 0.25) is 0 Å². The summed E-state index contributed by atoms with van der Waals surface area (Å²) in [7, 11) is 0. The van der Waals surface area contributed by atoms with Crippen LogP contribution in [0.5, 0.6) is 5.75 Å². The molecule has 0 aliphatic carbocycles. The number of amides is 1. The van der Waals surface area contributed by atoms with Crippen LogP contribution in [0.25, 0.3) is 0 Å². The first kappa shape index (κ1) is 13.3. The van der Waals surface area contributed by atoms with Crippen molar-refractivity contribution < 1.29 is 19.6 Å². The lowest BCUT2D eigenvalue weighted by Crippen LogP contribution is -2.33. The number of nitro benzene ring substituents is 1. The quantitative estimate of drug-likeness (QED) is 0.635. The van der Waals surface area contributed by atoms with Gasteiger partial charge < -0.3 is 14.7 Å². The highest BCUT2D eigenvalue weighted by molar-refractivity contribution is 5.78. The highest BCUT2D eigenvalue weighted by Gasteiger charge is 2.24. The van der Waals surface area contributed by atoms with E-state index in [-0.39, 0.29) is 24.0 Å². The zero-order valence-corrected chi connectivity index (χ0v) is 10.2. The van der Waals surface area contributed by atoms with E-state index in [1.807, 2.05) is 0 Å². The predicted molar refractivity (Wildman–Crippen MR) is 65.8 cm³/mol. The van der Waals surface area contributed by atoms with Gasteiger partial charge in [-0.1, -0.05) is 6.07 Å². The number of nitro groups is 1. The normalized spacial score (nSPS) is 18.4. The molecule has 1 heterocycles. The molecule has 1 aliphatic rings. The number of carbonyl (C=O) groups excluding carboxylic acids is 1. The van der Waals surface area contributed by atoms with Crippen LogP contribution < -0.4 is 4.74 Å². The van der Waals surface area contributed by atoms with Gasteiger partial charge >= 0.3 is 0 Å². The van der Waals surface area contributed by atoms with Gasteiger partial charge in [-0.05, 0) is 12.5 Å². The Hall–Kier alpha value is -2.15. The number of carbonyl (C=O) groups is 1. The Morgan fingerprint density at radius 1 is 1.58 bits per heavy atom. The van der Waals surface area contributed by atoms with Crippen LogP contribution in [0.3, 0.4) is 0 Å². The number of nitrogens with zero attached hydrogens (tertiary/aromatic N) is 2. The van der Waals surface area contributed by atoms with Gasteiger partial charge in [0.05, 0.1) is 17.1 Å². The van der Waals surface area contributed by atoms with E-state index in [1.165, 1.54) is 23.1 Å². The number of rotatable bonds is 4. The lowest BCUT2D eigenvalue weighted by molar-refractivity contribution is -0.384. The minimum atomic E-state index is -0.522. The number of likely N-dealkylation sites (tertiary alicyclic amines) is 1. The number of non-ortho nitro benzene ring substituents is 1. The molecular weight excluding hydrogens is 252 g/mol. The fourth-order valence-corrected chi connectivity index (χ4v) is 1.89. The molecule has 1 saturated heterocycles. The Balaban J connectivity index is 1.90. The van der Waals surface area contributed by atoms with E-state index in [0.29, 0.717) is 19.5 Å². The molecule has 1 N–H and O–H groups in total. The zero-order valence-electron chi connectivity index (χ0n) is 10.2. The summed E-state index contributed by atoms with van der Waals surface area (Å²) < 4.78 is 5.23. The maximum absolute atomic E-state index is 11.7. The summed E-state index contributed by atoms with van der Waals surface area (Å²) >= 11 is 0. The van der Waals surface area contributed by atoms with Crippen LogP contribution in [0.4, 0.5) is 5.69 Å². The maximum Gasteiger partial charge on any atom is 0.273 e. The molecule has 0 saturated carbocycles. The summed E-state index contributed by atoms with van der Waals surface area (Å²) in [5.41, 5.74) is -0.0819. The standard InChI is InChI=1S/C12H14N2O5/c15-10-4-5-13(7-10)12(16)8-19-11-3-1-2-9(6-11)14(17)18/h1-3,6,10,15H,4-5,7-8H2/t10-/m0/s1. The number of hydrogen-bond donors (Lipinski definition) is 1. The van der Waals surface area contributed by atoms with Crippen LogP contribution >= 0.6 is 0 Å². The van der Waals surface area contributed by atoms with Gasteiger partial charge in [0.25, 0.3) is 11.6 Å².